The van der Waals surface area contributed by atoms with E-state index >= 15 is 0 Å². The van der Waals surface area contributed by atoms with Crippen molar-refractivity contribution in [1.82, 2.24) is 0 Å². The van der Waals surface area contributed by atoms with Crippen LogP contribution < -0.4 is 0 Å². The van der Waals surface area contributed by atoms with E-state index in [2.05, 4.69) is 10.8 Å². The van der Waals surface area contributed by atoms with Crippen molar-refractivity contribution in [2.45, 2.75) is 0 Å². The van der Waals surface area contributed by atoms with Crippen molar-refractivity contribution in [1.29, 1.82) is 0 Å². The summed E-state index contributed by atoms with van der Waals surface area (Å²) in [6.45, 7) is 0. The summed E-state index contributed by atoms with van der Waals surface area (Å²) in [7, 11) is 1.27. The molecule has 2 rings (SSSR count). The van der Waals surface area contributed by atoms with E-state index < -0.39 is 5.97 Å². The fourth-order valence-corrected chi connectivity index (χ4v) is 1.42. The number of aromatic hydroxyl groups is 1. The van der Waals surface area contributed by atoms with E-state index in [0.717, 1.165) is 10.8 Å². The average Bonchev–Trinajstić information content (AvgIpc) is 2.27. The molecule has 75 valence electrons. The number of carbonyl (C=O) groups is 1. The molecule has 0 aliphatic rings. The largest absolute Gasteiger partial charge is 0.506 e. The molecule has 0 aliphatic heterocycles. The fourth-order valence-electron chi connectivity index (χ4n) is 1.42. The molecule has 0 spiro atoms. The quantitative estimate of drug-likeness (QED) is 0.719. The minimum atomic E-state index is -0.561. The first-order chi connectivity index (χ1) is 7.22. The Hall–Kier alpha value is -2.03. The highest BCUT2D eigenvalue weighted by Gasteiger charge is 2.12. The predicted molar refractivity (Wildman–Crippen MR) is 55.8 cm³/mol. The summed E-state index contributed by atoms with van der Waals surface area (Å²) in [5, 5.41) is 11.2. The number of methoxy groups -OCH3 is 1. The molecule has 3 nitrogen and oxygen atoms in total. The van der Waals surface area contributed by atoms with Gasteiger partial charge in [-0.1, -0.05) is 24.3 Å². The number of fused-ring (bicyclic) bond motifs is 1. The Morgan fingerprint density at radius 3 is 2.87 bits per heavy atom. The molecule has 1 N–H and O–H groups in total. The number of rotatable bonds is 1. The molecule has 0 unspecified atom stereocenters. The van der Waals surface area contributed by atoms with Crippen LogP contribution in [0.2, 0.25) is 0 Å². The van der Waals surface area contributed by atoms with Gasteiger partial charge in [0.1, 0.15) is 11.3 Å². The lowest BCUT2D eigenvalue weighted by atomic mass is 10.1. The van der Waals surface area contributed by atoms with Gasteiger partial charge in [-0.05, 0) is 16.8 Å². The van der Waals surface area contributed by atoms with Crippen LogP contribution in [-0.4, -0.2) is 18.2 Å². The van der Waals surface area contributed by atoms with E-state index in [9.17, 15) is 9.90 Å². The summed E-state index contributed by atoms with van der Waals surface area (Å²) in [6, 6.07) is 11.7. The van der Waals surface area contributed by atoms with Crippen molar-refractivity contribution >= 4 is 16.7 Å². The minimum Gasteiger partial charge on any atom is -0.506 e. The Bertz CT molecular complexity index is 517. The second-order valence-electron chi connectivity index (χ2n) is 3.11. The maximum Gasteiger partial charge on any atom is 0.341 e. The lowest BCUT2D eigenvalue weighted by molar-refractivity contribution is 0.0597. The van der Waals surface area contributed by atoms with Crippen LogP contribution >= 0.6 is 0 Å². The molecule has 2 aromatic carbocycles. The van der Waals surface area contributed by atoms with E-state index in [1.807, 2.05) is 24.3 Å². The Kier molecular flexibility index (Phi) is 2.29. The lowest BCUT2D eigenvalue weighted by Gasteiger charge is -2.04. The SMILES string of the molecule is COC(=O)c1cc2ccccc2[c]c1O. The molecular formula is C12H9O3. The van der Waals surface area contributed by atoms with Crippen LogP contribution in [0.3, 0.4) is 0 Å². The molecule has 0 heterocycles. The van der Waals surface area contributed by atoms with Gasteiger partial charge in [0.15, 0.2) is 0 Å². The van der Waals surface area contributed by atoms with Crippen molar-refractivity contribution < 1.29 is 14.6 Å². The molecule has 1 radical (unpaired) electrons. The van der Waals surface area contributed by atoms with Gasteiger partial charge in [-0.25, -0.2) is 4.79 Å². The Morgan fingerprint density at radius 1 is 1.40 bits per heavy atom. The number of hydrogen-bond acceptors (Lipinski definition) is 3. The van der Waals surface area contributed by atoms with Crippen molar-refractivity contribution in [3.8, 4) is 5.75 Å². The van der Waals surface area contributed by atoms with Crippen LogP contribution in [-0.2, 0) is 4.74 Å². The zero-order valence-corrected chi connectivity index (χ0v) is 8.15. The Labute approximate surface area is 86.9 Å². The van der Waals surface area contributed by atoms with Gasteiger partial charge >= 0.3 is 5.97 Å². The number of ether oxygens (including phenoxy) is 1. The second kappa shape index (κ2) is 3.61. The smallest absolute Gasteiger partial charge is 0.341 e. The van der Waals surface area contributed by atoms with Gasteiger partial charge in [-0.15, -0.1) is 0 Å². The number of esters is 1. The highest BCUT2D eigenvalue weighted by atomic mass is 16.5. The Balaban J connectivity index is 2.67. The van der Waals surface area contributed by atoms with E-state index in [0.29, 0.717) is 0 Å². The average molecular weight is 201 g/mol. The molecule has 0 saturated heterocycles. The van der Waals surface area contributed by atoms with Gasteiger partial charge < -0.3 is 9.84 Å². The van der Waals surface area contributed by atoms with Gasteiger partial charge in [0.25, 0.3) is 0 Å². The number of phenolic OH excluding ortho intramolecular Hbond substituents is 1. The third kappa shape index (κ3) is 1.64. The zero-order valence-electron chi connectivity index (χ0n) is 8.15. The summed E-state index contributed by atoms with van der Waals surface area (Å²) in [5.74, 6) is -0.741. The van der Waals surface area contributed by atoms with E-state index in [-0.39, 0.29) is 11.3 Å². The number of hydrogen-bond donors (Lipinski definition) is 1. The van der Waals surface area contributed by atoms with E-state index in [1.54, 1.807) is 6.07 Å². The highest BCUT2D eigenvalue weighted by Crippen LogP contribution is 2.24. The summed E-state index contributed by atoms with van der Waals surface area (Å²) < 4.78 is 4.55. The number of benzene rings is 2. The van der Waals surface area contributed by atoms with Crippen LogP contribution in [0.25, 0.3) is 10.8 Å². The van der Waals surface area contributed by atoms with Crippen molar-refractivity contribution in [2.24, 2.45) is 0 Å². The van der Waals surface area contributed by atoms with Crippen molar-refractivity contribution in [3.05, 3.63) is 42.0 Å². The Morgan fingerprint density at radius 2 is 2.13 bits per heavy atom. The van der Waals surface area contributed by atoms with Crippen LogP contribution in [0.15, 0.2) is 30.3 Å². The molecule has 15 heavy (non-hydrogen) atoms. The first-order valence-electron chi connectivity index (χ1n) is 4.44. The van der Waals surface area contributed by atoms with Gasteiger partial charge in [-0.2, -0.15) is 0 Å². The molecule has 0 amide bonds. The molecule has 0 bridgehead atoms. The monoisotopic (exact) mass is 201 g/mol. The van der Waals surface area contributed by atoms with E-state index in [1.165, 1.54) is 7.11 Å². The first kappa shape index (κ1) is 9.52. The van der Waals surface area contributed by atoms with Gasteiger partial charge in [0, 0.05) is 6.07 Å². The third-order valence-electron chi connectivity index (χ3n) is 2.17. The van der Waals surface area contributed by atoms with Crippen LogP contribution in [0.1, 0.15) is 10.4 Å². The van der Waals surface area contributed by atoms with Gasteiger partial charge in [0.05, 0.1) is 7.11 Å². The molecule has 0 aliphatic carbocycles. The molecule has 2 aromatic rings. The number of carbonyl (C=O) groups excluding carboxylic acids is 1. The molecular weight excluding hydrogens is 192 g/mol. The maximum absolute atomic E-state index is 11.3. The molecule has 0 fully saturated rings. The van der Waals surface area contributed by atoms with Crippen LogP contribution in [0, 0.1) is 6.07 Å². The zero-order chi connectivity index (χ0) is 10.8. The van der Waals surface area contributed by atoms with Crippen LogP contribution in [0.4, 0.5) is 0 Å². The third-order valence-corrected chi connectivity index (χ3v) is 2.17. The summed E-state index contributed by atoms with van der Waals surface area (Å²) in [4.78, 5) is 11.3. The lowest BCUT2D eigenvalue weighted by Crippen LogP contribution is -2.01. The fraction of sp³-hybridized carbons (Fsp3) is 0.0833. The standard InChI is InChI=1S/C12H9O3/c1-15-12(14)10-6-8-4-2-3-5-9(8)7-11(10)13/h2-6,13H,1H3. The van der Waals surface area contributed by atoms with Gasteiger partial charge in [-0.3, -0.25) is 0 Å². The number of phenols is 1. The first-order valence-corrected chi connectivity index (χ1v) is 4.44. The predicted octanol–water partition coefficient (Wildman–Crippen LogP) is 2.13. The highest BCUT2D eigenvalue weighted by molar-refractivity contribution is 5.98. The van der Waals surface area contributed by atoms with Crippen molar-refractivity contribution in [2.75, 3.05) is 7.11 Å². The normalized spacial score (nSPS) is 10.2. The second-order valence-corrected chi connectivity index (χ2v) is 3.11. The van der Waals surface area contributed by atoms with E-state index in [4.69, 9.17) is 0 Å². The topological polar surface area (TPSA) is 46.5 Å². The molecule has 3 heteroatoms. The molecule has 0 saturated carbocycles. The summed E-state index contributed by atoms with van der Waals surface area (Å²) in [6.07, 6.45) is 0. The minimum absolute atomic E-state index is 0.135. The van der Waals surface area contributed by atoms with Crippen molar-refractivity contribution in [3.63, 3.8) is 0 Å². The van der Waals surface area contributed by atoms with Gasteiger partial charge in [0.2, 0.25) is 0 Å². The summed E-state index contributed by atoms with van der Waals surface area (Å²) >= 11 is 0. The molecule has 0 atom stereocenters. The maximum atomic E-state index is 11.3. The molecule has 0 aromatic heterocycles. The van der Waals surface area contributed by atoms with Crippen LogP contribution in [0.5, 0.6) is 5.75 Å². The summed E-state index contributed by atoms with van der Waals surface area (Å²) in [5.41, 5.74) is 0.135.